The van der Waals surface area contributed by atoms with Crippen molar-refractivity contribution in [2.24, 2.45) is 5.92 Å². The van der Waals surface area contributed by atoms with Crippen LogP contribution in [0, 0.1) is 5.92 Å². The zero-order chi connectivity index (χ0) is 16.5. The number of carbonyl (C=O) groups is 1. The Bertz CT molecular complexity index is 248. The number of hydrogen-bond acceptors (Lipinski definition) is 2. The summed E-state index contributed by atoms with van der Waals surface area (Å²) in [6.45, 7) is 7.18. The zero-order valence-electron chi connectivity index (χ0n) is 16.9. The molecule has 0 aromatic rings. The molecule has 144 valence electrons. The molecule has 0 saturated heterocycles. The van der Waals surface area contributed by atoms with E-state index < -0.39 is 0 Å². The first-order chi connectivity index (χ1) is 10.8. The molecule has 0 heterocycles. The van der Waals surface area contributed by atoms with E-state index in [1.807, 2.05) is 0 Å². The van der Waals surface area contributed by atoms with Gasteiger partial charge in [-0.15, -0.1) is 0 Å². The molecule has 0 aliphatic carbocycles. The second-order valence-corrected chi connectivity index (χ2v) is 6.62. The Kier molecular flexibility index (Phi) is 29.9. The van der Waals surface area contributed by atoms with Crippen LogP contribution in [0.5, 0.6) is 0 Å². The Balaban J connectivity index is -0.00000220. The third-order valence-corrected chi connectivity index (χ3v) is 4.39. The first kappa shape index (κ1) is 29.8. The molecule has 0 bridgehead atoms. The van der Waals surface area contributed by atoms with Crippen LogP contribution in [0.4, 0.5) is 0 Å². The van der Waals surface area contributed by atoms with Gasteiger partial charge in [-0.3, -0.25) is 4.79 Å². The van der Waals surface area contributed by atoms with Gasteiger partial charge >= 0.3 is 53.8 Å². The van der Waals surface area contributed by atoms with Crippen LogP contribution in [0.1, 0.15) is 111 Å². The quantitative estimate of drug-likeness (QED) is 0.155. The molecular formula is C20H44O2Sn2. The summed E-state index contributed by atoms with van der Waals surface area (Å²) in [6.07, 6.45) is 17.0. The number of rotatable bonds is 16. The summed E-state index contributed by atoms with van der Waals surface area (Å²) >= 11 is 0. The van der Waals surface area contributed by atoms with Crippen LogP contribution < -0.4 is 0 Å². The van der Waals surface area contributed by atoms with Crippen molar-refractivity contribution in [3.05, 3.63) is 0 Å². The van der Waals surface area contributed by atoms with Gasteiger partial charge in [-0.1, -0.05) is 91.4 Å². The van der Waals surface area contributed by atoms with Crippen LogP contribution >= 0.6 is 0 Å². The van der Waals surface area contributed by atoms with Crippen molar-refractivity contribution in [3.8, 4) is 0 Å². The number of ether oxygens (including phenoxy) is 1. The van der Waals surface area contributed by atoms with Gasteiger partial charge in [-0.25, -0.2) is 0 Å². The van der Waals surface area contributed by atoms with E-state index in [0.29, 0.717) is 6.61 Å². The van der Waals surface area contributed by atoms with Crippen LogP contribution in [0.3, 0.4) is 0 Å². The summed E-state index contributed by atoms with van der Waals surface area (Å²) in [5.41, 5.74) is 0. The molecule has 0 aromatic carbocycles. The van der Waals surface area contributed by atoms with E-state index in [9.17, 15) is 4.79 Å². The maximum absolute atomic E-state index is 12.1. The molecule has 0 aromatic heterocycles. The Labute approximate surface area is 185 Å². The van der Waals surface area contributed by atoms with Crippen molar-refractivity contribution in [3.63, 3.8) is 0 Å². The number of unbranched alkanes of at least 4 members (excludes halogenated alkanes) is 9. The first-order valence-corrected chi connectivity index (χ1v) is 9.92. The van der Waals surface area contributed by atoms with Gasteiger partial charge in [0.2, 0.25) is 0 Å². The van der Waals surface area contributed by atoms with Crippen molar-refractivity contribution in [1.29, 1.82) is 0 Å². The van der Waals surface area contributed by atoms with Crippen LogP contribution in [-0.2, 0) is 9.53 Å². The van der Waals surface area contributed by atoms with Crippen molar-refractivity contribution in [2.45, 2.75) is 111 Å². The molecule has 0 aliphatic heterocycles. The third kappa shape index (κ3) is 19.4. The van der Waals surface area contributed by atoms with Gasteiger partial charge < -0.3 is 4.74 Å². The van der Waals surface area contributed by atoms with Gasteiger partial charge in [0.1, 0.15) is 0 Å². The number of esters is 1. The summed E-state index contributed by atoms with van der Waals surface area (Å²) in [4.78, 5) is 12.1. The van der Waals surface area contributed by atoms with Crippen LogP contribution in [0.25, 0.3) is 0 Å². The second kappa shape index (κ2) is 24.1. The summed E-state index contributed by atoms with van der Waals surface area (Å²) < 4.78 is 5.43. The van der Waals surface area contributed by atoms with Crippen molar-refractivity contribution in [1.82, 2.24) is 0 Å². The van der Waals surface area contributed by atoms with E-state index in [1.165, 1.54) is 51.4 Å². The Morgan fingerprint density at radius 3 is 1.67 bits per heavy atom. The van der Waals surface area contributed by atoms with Crippen molar-refractivity contribution in [2.75, 3.05) is 6.61 Å². The van der Waals surface area contributed by atoms with E-state index >= 15 is 0 Å². The fourth-order valence-corrected chi connectivity index (χ4v) is 2.79. The predicted molar refractivity (Wildman–Crippen MR) is 113 cm³/mol. The summed E-state index contributed by atoms with van der Waals surface area (Å²) in [5, 5.41) is 0. The number of carbonyl (C=O) groups excluding carboxylic acids is 1. The van der Waals surface area contributed by atoms with Gasteiger partial charge in [0.15, 0.2) is 0 Å². The molecule has 4 heteroatoms. The van der Waals surface area contributed by atoms with Crippen molar-refractivity contribution >= 4 is 53.8 Å². The average molecular weight is 554 g/mol. The Hall–Kier alpha value is 1.07. The van der Waals surface area contributed by atoms with Crippen LogP contribution in [-0.4, -0.2) is 60.4 Å². The molecule has 0 aliphatic rings. The molecule has 0 rings (SSSR count). The van der Waals surface area contributed by atoms with Gasteiger partial charge in [-0.05, 0) is 19.3 Å². The molecule has 0 fully saturated rings. The molecule has 24 heavy (non-hydrogen) atoms. The normalized spacial score (nSPS) is 11.3. The van der Waals surface area contributed by atoms with Gasteiger partial charge in [0.25, 0.3) is 0 Å². The molecule has 2 nitrogen and oxygen atoms in total. The van der Waals surface area contributed by atoms with E-state index in [1.54, 1.807) is 0 Å². The van der Waals surface area contributed by atoms with Gasteiger partial charge in [0, 0.05) is 0 Å². The van der Waals surface area contributed by atoms with E-state index in [2.05, 4.69) is 20.8 Å². The molecule has 1 atom stereocenters. The SMILES string of the molecule is CCCCCCCCCCC(CCCC)C(=O)OCCCC.[SnH2].[SnH2]. The monoisotopic (exact) mass is 556 g/mol. The predicted octanol–water partition coefficient (Wildman–Crippen LogP) is 4.83. The number of hydrogen-bond donors (Lipinski definition) is 0. The summed E-state index contributed by atoms with van der Waals surface area (Å²) in [6, 6.07) is 0. The van der Waals surface area contributed by atoms with Gasteiger partial charge in [-0.2, -0.15) is 0 Å². The second-order valence-electron chi connectivity index (χ2n) is 6.62. The third-order valence-electron chi connectivity index (χ3n) is 4.39. The molecule has 0 saturated carbocycles. The molecular weight excluding hydrogens is 510 g/mol. The molecule has 0 amide bonds. The minimum absolute atomic E-state index is 0. The Morgan fingerprint density at radius 2 is 1.12 bits per heavy atom. The summed E-state index contributed by atoms with van der Waals surface area (Å²) in [7, 11) is 0. The maximum atomic E-state index is 12.1. The average Bonchev–Trinajstić information content (AvgIpc) is 2.52. The fourth-order valence-electron chi connectivity index (χ4n) is 2.79. The topological polar surface area (TPSA) is 26.3 Å². The summed E-state index contributed by atoms with van der Waals surface area (Å²) in [5.74, 6) is 0.210. The molecule has 1 unspecified atom stereocenters. The molecule has 0 spiro atoms. The minimum atomic E-state index is 0. The van der Waals surface area contributed by atoms with Crippen LogP contribution in [0.2, 0.25) is 0 Å². The van der Waals surface area contributed by atoms with Crippen LogP contribution in [0.15, 0.2) is 0 Å². The fraction of sp³-hybridized carbons (Fsp3) is 0.950. The standard InChI is InChI=1S/C20H40O2.2Sn.4H/c1-4-7-10-11-12-13-14-15-17-19(16-8-5-2)20(21)22-18-9-6-3;;;;;;/h19H,4-18H2,1-3H3;;;;;;. The van der Waals surface area contributed by atoms with E-state index in [4.69, 9.17) is 4.74 Å². The zero-order valence-corrected chi connectivity index (χ0v) is 25.0. The van der Waals surface area contributed by atoms with Gasteiger partial charge in [0.05, 0.1) is 12.5 Å². The molecule has 0 N–H and O–H groups in total. The first-order valence-electron chi connectivity index (χ1n) is 9.92. The Morgan fingerprint density at radius 1 is 0.667 bits per heavy atom. The van der Waals surface area contributed by atoms with Crippen molar-refractivity contribution < 1.29 is 9.53 Å². The van der Waals surface area contributed by atoms with E-state index in [-0.39, 0.29) is 59.7 Å². The van der Waals surface area contributed by atoms with E-state index in [0.717, 1.165) is 38.5 Å². The molecule has 4 radical (unpaired) electrons.